The second kappa shape index (κ2) is 7.31. The summed E-state index contributed by atoms with van der Waals surface area (Å²) < 4.78 is 6.15. The van der Waals surface area contributed by atoms with Crippen LogP contribution in [-0.2, 0) is 0 Å². The van der Waals surface area contributed by atoms with E-state index in [1.807, 2.05) is 0 Å². The fraction of sp³-hybridized carbons (Fsp3) is 0.300. The van der Waals surface area contributed by atoms with E-state index < -0.39 is 16.4 Å². The van der Waals surface area contributed by atoms with Crippen molar-refractivity contribution in [3.05, 3.63) is 67.7 Å². The van der Waals surface area contributed by atoms with Gasteiger partial charge in [-0.25, -0.2) is 0 Å². The first-order valence-electron chi connectivity index (χ1n) is 9.04. The Labute approximate surface area is 176 Å². The SMILES string of the molecule is O=C1CC2(CCN(C(=O)c3ccccc3[N+](=O)[O-])CC2)Oc2c(Cl)cc(Cl)cc21. The number of para-hydroxylation sites is 1. The molecule has 1 saturated heterocycles. The maximum Gasteiger partial charge on any atom is 0.282 e. The zero-order valence-electron chi connectivity index (χ0n) is 15.2. The number of Topliss-reactive ketones (excluding diaryl/α,β-unsaturated/α-hetero) is 1. The highest BCUT2D eigenvalue weighted by atomic mass is 35.5. The normalized spacial score (nSPS) is 17.6. The number of carbonyl (C=O) groups is 2. The van der Waals surface area contributed by atoms with Gasteiger partial charge in [-0.2, -0.15) is 0 Å². The third kappa shape index (κ3) is 3.56. The summed E-state index contributed by atoms with van der Waals surface area (Å²) in [5, 5.41) is 11.9. The van der Waals surface area contributed by atoms with Gasteiger partial charge in [0.2, 0.25) is 0 Å². The summed E-state index contributed by atoms with van der Waals surface area (Å²) in [6.45, 7) is 0.636. The first-order valence-corrected chi connectivity index (χ1v) is 9.79. The quantitative estimate of drug-likeness (QED) is 0.510. The van der Waals surface area contributed by atoms with Crippen molar-refractivity contribution in [2.24, 2.45) is 0 Å². The summed E-state index contributed by atoms with van der Waals surface area (Å²) in [6.07, 6.45) is 1.01. The molecule has 1 fully saturated rings. The van der Waals surface area contributed by atoms with E-state index in [4.69, 9.17) is 27.9 Å². The van der Waals surface area contributed by atoms with Crippen molar-refractivity contribution in [1.29, 1.82) is 0 Å². The van der Waals surface area contributed by atoms with E-state index >= 15 is 0 Å². The number of carbonyl (C=O) groups excluding carboxylic acids is 2. The number of halogens is 2. The van der Waals surface area contributed by atoms with Gasteiger partial charge in [0.1, 0.15) is 16.9 Å². The molecule has 150 valence electrons. The van der Waals surface area contributed by atoms with Crippen molar-refractivity contribution >= 4 is 40.6 Å². The van der Waals surface area contributed by atoms with Crippen LogP contribution in [0.3, 0.4) is 0 Å². The Balaban J connectivity index is 1.53. The van der Waals surface area contributed by atoms with Gasteiger partial charge < -0.3 is 9.64 Å². The lowest BCUT2D eigenvalue weighted by atomic mass is 9.82. The average molecular weight is 435 g/mol. The molecule has 9 heteroatoms. The number of ether oxygens (including phenoxy) is 1. The number of nitrogens with zero attached hydrogens (tertiary/aromatic N) is 2. The van der Waals surface area contributed by atoms with Crippen LogP contribution in [0.25, 0.3) is 0 Å². The van der Waals surface area contributed by atoms with E-state index in [2.05, 4.69) is 0 Å². The molecule has 0 aliphatic carbocycles. The van der Waals surface area contributed by atoms with Gasteiger partial charge in [-0.3, -0.25) is 19.7 Å². The lowest BCUT2D eigenvalue weighted by Crippen LogP contribution is -2.52. The van der Waals surface area contributed by atoms with Crippen LogP contribution >= 0.6 is 23.2 Å². The van der Waals surface area contributed by atoms with Crippen LogP contribution in [0, 0.1) is 10.1 Å². The van der Waals surface area contributed by atoms with Gasteiger partial charge in [-0.15, -0.1) is 0 Å². The lowest BCUT2D eigenvalue weighted by molar-refractivity contribution is -0.385. The number of hydrogen-bond donors (Lipinski definition) is 0. The van der Waals surface area contributed by atoms with Crippen LogP contribution in [0.5, 0.6) is 5.75 Å². The van der Waals surface area contributed by atoms with Crippen molar-refractivity contribution in [3.8, 4) is 5.75 Å². The summed E-state index contributed by atoms with van der Waals surface area (Å²) in [5.74, 6) is -0.181. The molecule has 2 aromatic rings. The Morgan fingerprint density at radius 1 is 1.17 bits per heavy atom. The topological polar surface area (TPSA) is 89.8 Å². The van der Waals surface area contributed by atoms with Gasteiger partial charge in [0.05, 0.1) is 21.9 Å². The van der Waals surface area contributed by atoms with Crippen molar-refractivity contribution in [1.82, 2.24) is 4.90 Å². The van der Waals surface area contributed by atoms with E-state index in [1.54, 1.807) is 17.0 Å². The minimum Gasteiger partial charge on any atom is -0.484 e. The Hall–Kier alpha value is -2.64. The standard InChI is InChI=1S/C20H16Cl2N2O5/c21-12-9-14-17(25)11-20(29-18(14)15(22)10-12)5-7-23(8-6-20)19(26)13-3-1-2-4-16(13)24(27)28/h1-4,9-10H,5-8,11H2. The first-order chi connectivity index (χ1) is 13.8. The van der Waals surface area contributed by atoms with Gasteiger partial charge in [0.25, 0.3) is 11.6 Å². The van der Waals surface area contributed by atoms with Crippen LogP contribution in [0.4, 0.5) is 5.69 Å². The zero-order valence-corrected chi connectivity index (χ0v) is 16.7. The Morgan fingerprint density at radius 3 is 2.55 bits per heavy atom. The third-order valence-electron chi connectivity index (χ3n) is 5.40. The van der Waals surface area contributed by atoms with Crippen molar-refractivity contribution < 1.29 is 19.2 Å². The zero-order chi connectivity index (χ0) is 20.8. The summed E-state index contributed by atoms with van der Waals surface area (Å²) in [6, 6.07) is 8.96. The molecule has 0 aromatic heterocycles. The van der Waals surface area contributed by atoms with Gasteiger partial charge in [0.15, 0.2) is 5.78 Å². The minimum absolute atomic E-state index is 0.0529. The number of likely N-dealkylation sites (tertiary alicyclic amines) is 1. The number of nitro groups is 1. The van der Waals surface area contributed by atoms with Gasteiger partial charge in [-0.1, -0.05) is 35.3 Å². The van der Waals surface area contributed by atoms with Crippen LogP contribution < -0.4 is 4.74 Å². The van der Waals surface area contributed by atoms with E-state index in [0.29, 0.717) is 42.3 Å². The Bertz CT molecular complexity index is 1030. The molecule has 0 bridgehead atoms. The summed E-state index contributed by atoms with van der Waals surface area (Å²) in [5.41, 5.74) is -0.552. The summed E-state index contributed by atoms with van der Waals surface area (Å²) >= 11 is 12.2. The molecule has 0 N–H and O–H groups in total. The van der Waals surface area contributed by atoms with E-state index in [9.17, 15) is 19.7 Å². The highest BCUT2D eigenvalue weighted by molar-refractivity contribution is 6.36. The maximum atomic E-state index is 12.8. The highest BCUT2D eigenvalue weighted by Gasteiger charge is 2.45. The molecule has 29 heavy (non-hydrogen) atoms. The van der Waals surface area contributed by atoms with Crippen molar-refractivity contribution in [2.45, 2.75) is 24.9 Å². The molecule has 2 heterocycles. The average Bonchev–Trinajstić information content (AvgIpc) is 2.69. The fourth-order valence-electron chi connectivity index (χ4n) is 3.89. The molecule has 1 amide bonds. The molecule has 2 aliphatic heterocycles. The molecule has 7 nitrogen and oxygen atoms in total. The predicted octanol–water partition coefficient (Wildman–Crippen LogP) is 4.54. The van der Waals surface area contributed by atoms with E-state index in [0.717, 1.165) is 0 Å². The van der Waals surface area contributed by atoms with Crippen LogP contribution in [0.2, 0.25) is 10.0 Å². The first kappa shape index (κ1) is 19.7. The molecule has 4 rings (SSSR count). The van der Waals surface area contributed by atoms with Crippen LogP contribution in [0.1, 0.15) is 40.0 Å². The monoisotopic (exact) mass is 434 g/mol. The second-order valence-corrected chi connectivity index (χ2v) is 8.06. The maximum absolute atomic E-state index is 12.8. The number of fused-ring (bicyclic) bond motifs is 1. The van der Waals surface area contributed by atoms with Crippen LogP contribution in [-0.4, -0.2) is 40.2 Å². The molecule has 2 aliphatic rings. The second-order valence-electron chi connectivity index (χ2n) is 7.22. The summed E-state index contributed by atoms with van der Waals surface area (Å²) in [4.78, 5) is 37.7. The molecule has 0 unspecified atom stereocenters. The Kier molecular flexibility index (Phi) is 4.96. The number of amides is 1. The lowest BCUT2D eigenvalue weighted by Gasteiger charge is -2.44. The number of piperidine rings is 1. The number of benzene rings is 2. The van der Waals surface area contributed by atoms with Crippen LogP contribution in [0.15, 0.2) is 36.4 Å². The van der Waals surface area contributed by atoms with Gasteiger partial charge in [-0.05, 0) is 18.2 Å². The van der Waals surface area contributed by atoms with E-state index in [-0.39, 0.29) is 28.5 Å². The predicted molar refractivity (Wildman–Crippen MR) is 107 cm³/mol. The third-order valence-corrected chi connectivity index (χ3v) is 5.90. The molecule has 2 aromatic carbocycles. The fourth-order valence-corrected chi connectivity index (χ4v) is 4.42. The van der Waals surface area contributed by atoms with Crippen molar-refractivity contribution in [2.75, 3.05) is 13.1 Å². The minimum atomic E-state index is -0.749. The highest BCUT2D eigenvalue weighted by Crippen LogP contribution is 2.44. The molecule has 0 radical (unpaired) electrons. The smallest absolute Gasteiger partial charge is 0.282 e. The van der Waals surface area contributed by atoms with E-state index in [1.165, 1.54) is 24.3 Å². The number of rotatable bonds is 2. The van der Waals surface area contributed by atoms with Gasteiger partial charge in [0, 0.05) is 37.0 Å². The summed E-state index contributed by atoms with van der Waals surface area (Å²) in [7, 11) is 0. The molecule has 1 spiro atoms. The molecular formula is C20H16Cl2N2O5. The largest absolute Gasteiger partial charge is 0.484 e. The van der Waals surface area contributed by atoms with Gasteiger partial charge >= 0.3 is 0 Å². The number of ketones is 1. The number of hydrogen-bond acceptors (Lipinski definition) is 5. The van der Waals surface area contributed by atoms with Crippen molar-refractivity contribution in [3.63, 3.8) is 0 Å². The Morgan fingerprint density at radius 2 is 1.86 bits per heavy atom. The molecular weight excluding hydrogens is 419 g/mol. The molecule has 0 saturated carbocycles. The molecule has 0 atom stereocenters. The number of nitro benzene ring substituents is 1.